The first-order chi connectivity index (χ1) is 8.24. The van der Waals surface area contributed by atoms with E-state index in [1.807, 2.05) is 42.2 Å². The second kappa shape index (κ2) is 5.01. The minimum atomic E-state index is 0.611. The maximum Gasteiger partial charge on any atom is 0.118 e. The molecule has 1 aromatic heterocycles. The Morgan fingerprint density at radius 3 is 2.59 bits per heavy atom. The summed E-state index contributed by atoms with van der Waals surface area (Å²) in [6, 6.07) is 7.98. The minimum absolute atomic E-state index is 0.611. The first kappa shape index (κ1) is 11.7. The molecule has 90 valence electrons. The van der Waals surface area contributed by atoms with E-state index in [1.165, 1.54) is 0 Å². The van der Waals surface area contributed by atoms with Crippen LogP contribution in [0.4, 0.5) is 0 Å². The Morgan fingerprint density at radius 1 is 1.29 bits per heavy atom. The summed E-state index contributed by atoms with van der Waals surface area (Å²) in [6.07, 6.45) is 2.81. The fourth-order valence-electron chi connectivity index (χ4n) is 1.87. The average Bonchev–Trinajstić information content (AvgIpc) is 2.71. The second-order valence-corrected chi connectivity index (χ2v) is 3.93. The van der Waals surface area contributed by atoms with Crippen molar-refractivity contribution in [2.45, 2.75) is 6.42 Å². The molecule has 4 heteroatoms. The van der Waals surface area contributed by atoms with E-state index in [2.05, 4.69) is 5.10 Å². The zero-order valence-electron chi connectivity index (χ0n) is 10.2. The van der Waals surface area contributed by atoms with Gasteiger partial charge in [0.15, 0.2) is 0 Å². The molecule has 4 nitrogen and oxygen atoms in total. The number of nitrogens with two attached hydrogens (primary N) is 1. The number of benzene rings is 1. The van der Waals surface area contributed by atoms with Crippen molar-refractivity contribution in [1.82, 2.24) is 9.78 Å². The normalized spacial score (nSPS) is 10.5. The number of hydrogen-bond acceptors (Lipinski definition) is 3. The van der Waals surface area contributed by atoms with Crippen LogP contribution in [-0.4, -0.2) is 23.4 Å². The lowest BCUT2D eigenvalue weighted by molar-refractivity contribution is 0.415. The standard InChI is InChI=1S/C13H17N3O/c1-16-9-12(13(15-16)7-8-14)10-3-5-11(17-2)6-4-10/h3-6,9H,7-8,14H2,1-2H3. The minimum Gasteiger partial charge on any atom is -0.497 e. The van der Waals surface area contributed by atoms with Gasteiger partial charge in [0, 0.05) is 25.2 Å². The molecule has 0 bridgehead atoms. The number of aromatic nitrogens is 2. The average molecular weight is 231 g/mol. The lowest BCUT2D eigenvalue weighted by atomic mass is 10.1. The highest BCUT2D eigenvalue weighted by Gasteiger charge is 2.09. The SMILES string of the molecule is COc1ccc(-c2cn(C)nc2CCN)cc1. The topological polar surface area (TPSA) is 53.1 Å². The fourth-order valence-corrected chi connectivity index (χ4v) is 1.87. The molecule has 0 atom stereocenters. The third-order valence-electron chi connectivity index (χ3n) is 2.69. The molecule has 1 aromatic carbocycles. The van der Waals surface area contributed by atoms with Crippen molar-refractivity contribution in [2.75, 3.05) is 13.7 Å². The van der Waals surface area contributed by atoms with Crippen molar-refractivity contribution in [3.8, 4) is 16.9 Å². The van der Waals surface area contributed by atoms with Gasteiger partial charge in [0.2, 0.25) is 0 Å². The molecule has 2 N–H and O–H groups in total. The lowest BCUT2D eigenvalue weighted by Gasteiger charge is -2.03. The molecule has 0 unspecified atom stereocenters. The van der Waals surface area contributed by atoms with Gasteiger partial charge < -0.3 is 10.5 Å². The van der Waals surface area contributed by atoms with Crippen LogP contribution < -0.4 is 10.5 Å². The van der Waals surface area contributed by atoms with Gasteiger partial charge >= 0.3 is 0 Å². The molecule has 1 heterocycles. The van der Waals surface area contributed by atoms with Gasteiger partial charge in [-0.1, -0.05) is 12.1 Å². The monoisotopic (exact) mass is 231 g/mol. The van der Waals surface area contributed by atoms with Gasteiger partial charge in [-0.05, 0) is 24.2 Å². The van der Waals surface area contributed by atoms with E-state index in [4.69, 9.17) is 10.5 Å². The zero-order valence-corrected chi connectivity index (χ0v) is 10.2. The summed E-state index contributed by atoms with van der Waals surface area (Å²) in [7, 11) is 3.59. The molecular formula is C13H17N3O. The van der Waals surface area contributed by atoms with Crippen LogP contribution in [0.1, 0.15) is 5.69 Å². The maximum atomic E-state index is 5.59. The molecular weight excluding hydrogens is 214 g/mol. The van der Waals surface area contributed by atoms with Crippen molar-refractivity contribution < 1.29 is 4.74 Å². The van der Waals surface area contributed by atoms with E-state index < -0.39 is 0 Å². The van der Waals surface area contributed by atoms with Crippen LogP contribution in [0.25, 0.3) is 11.1 Å². The van der Waals surface area contributed by atoms with E-state index in [0.29, 0.717) is 6.54 Å². The summed E-state index contributed by atoms with van der Waals surface area (Å²) >= 11 is 0. The number of methoxy groups -OCH3 is 1. The molecule has 0 radical (unpaired) electrons. The van der Waals surface area contributed by atoms with Gasteiger partial charge in [0.05, 0.1) is 12.8 Å². The predicted octanol–water partition coefficient (Wildman–Crippen LogP) is 1.60. The Kier molecular flexibility index (Phi) is 3.44. The molecule has 0 fully saturated rings. The Hall–Kier alpha value is -1.81. The molecule has 0 saturated heterocycles. The van der Waals surface area contributed by atoms with E-state index in [9.17, 15) is 0 Å². The van der Waals surface area contributed by atoms with Gasteiger partial charge in [0.25, 0.3) is 0 Å². The van der Waals surface area contributed by atoms with Crippen molar-refractivity contribution in [3.05, 3.63) is 36.2 Å². The first-order valence-corrected chi connectivity index (χ1v) is 5.61. The predicted molar refractivity (Wildman–Crippen MR) is 68.0 cm³/mol. The third-order valence-corrected chi connectivity index (χ3v) is 2.69. The molecule has 0 aliphatic heterocycles. The molecule has 17 heavy (non-hydrogen) atoms. The summed E-state index contributed by atoms with van der Waals surface area (Å²) in [4.78, 5) is 0. The smallest absolute Gasteiger partial charge is 0.118 e. The van der Waals surface area contributed by atoms with Crippen LogP contribution >= 0.6 is 0 Å². The molecule has 0 aliphatic carbocycles. The van der Waals surface area contributed by atoms with E-state index >= 15 is 0 Å². The Balaban J connectivity index is 2.37. The zero-order chi connectivity index (χ0) is 12.3. The van der Waals surface area contributed by atoms with E-state index in [0.717, 1.165) is 29.0 Å². The van der Waals surface area contributed by atoms with Crippen LogP contribution in [0.5, 0.6) is 5.75 Å². The molecule has 0 amide bonds. The molecule has 0 aliphatic rings. The molecule has 0 saturated carbocycles. The molecule has 2 rings (SSSR count). The first-order valence-electron chi connectivity index (χ1n) is 5.61. The number of nitrogens with zero attached hydrogens (tertiary/aromatic N) is 2. The Labute approximate surface area is 101 Å². The van der Waals surface area contributed by atoms with Crippen LogP contribution in [-0.2, 0) is 13.5 Å². The highest BCUT2D eigenvalue weighted by Crippen LogP contribution is 2.25. The van der Waals surface area contributed by atoms with Crippen LogP contribution in [0.15, 0.2) is 30.5 Å². The van der Waals surface area contributed by atoms with Gasteiger partial charge in [-0.25, -0.2) is 0 Å². The Bertz CT molecular complexity index is 488. The van der Waals surface area contributed by atoms with Gasteiger partial charge in [-0.15, -0.1) is 0 Å². The van der Waals surface area contributed by atoms with Crippen molar-refractivity contribution in [1.29, 1.82) is 0 Å². The summed E-state index contributed by atoms with van der Waals surface area (Å²) in [5.41, 5.74) is 8.92. The number of ether oxygens (including phenoxy) is 1. The fraction of sp³-hybridized carbons (Fsp3) is 0.308. The van der Waals surface area contributed by atoms with Gasteiger partial charge in [-0.3, -0.25) is 4.68 Å². The lowest BCUT2D eigenvalue weighted by Crippen LogP contribution is -2.04. The van der Waals surface area contributed by atoms with Crippen molar-refractivity contribution >= 4 is 0 Å². The highest BCUT2D eigenvalue weighted by molar-refractivity contribution is 5.66. The second-order valence-electron chi connectivity index (χ2n) is 3.93. The summed E-state index contributed by atoms with van der Waals surface area (Å²) in [5.74, 6) is 0.859. The number of rotatable bonds is 4. The quantitative estimate of drug-likeness (QED) is 0.869. The van der Waals surface area contributed by atoms with Crippen LogP contribution in [0.2, 0.25) is 0 Å². The number of aryl methyl sites for hydroxylation is 1. The van der Waals surface area contributed by atoms with E-state index in [1.54, 1.807) is 7.11 Å². The molecule has 0 spiro atoms. The summed E-state index contributed by atoms with van der Waals surface area (Å²) in [6.45, 7) is 0.611. The van der Waals surface area contributed by atoms with Crippen molar-refractivity contribution in [3.63, 3.8) is 0 Å². The summed E-state index contributed by atoms with van der Waals surface area (Å²) in [5, 5.41) is 4.42. The Morgan fingerprint density at radius 2 is 2.00 bits per heavy atom. The highest BCUT2D eigenvalue weighted by atomic mass is 16.5. The van der Waals surface area contributed by atoms with Gasteiger partial charge in [-0.2, -0.15) is 5.10 Å². The van der Waals surface area contributed by atoms with E-state index in [-0.39, 0.29) is 0 Å². The van der Waals surface area contributed by atoms with Crippen LogP contribution in [0.3, 0.4) is 0 Å². The number of hydrogen-bond donors (Lipinski definition) is 1. The van der Waals surface area contributed by atoms with Crippen molar-refractivity contribution in [2.24, 2.45) is 12.8 Å². The molecule has 2 aromatic rings. The van der Waals surface area contributed by atoms with Crippen LogP contribution in [0, 0.1) is 0 Å². The summed E-state index contributed by atoms with van der Waals surface area (Å²) < 4.78 is 6.97. The van der Waals surface area contributed by atoms with Gasteiger partial charge in [0.1, 0.15) is 5.75 Å². The largest absolute Gasteiger partial charge is 0.497 e. The maximum absolute atomic E-state index is 5.59. The third kappa shape index (κ3) is 2.47.